The van der Waals surface area contributed by atoms with Crippen LogP contribution in [0.15, 0.2) is 88.8 Å². The molecule has 0 radical (unpaired) electrons. The van der Waals surface area contributed by atoms with E-state index in [9.17, 15) is 8.42 Å². The molecule has 0 saturated carbocycles. The Bertz CT molecular complexity index is 1500. The second kappa shape index (κ2) is 7.37. The number of anilines is 2. The number of nitrogens with one attached hydrogen (secondary N) is 1. The van der Waals surface area contributed by atoms with Crippen LogP contribution in [0.25, 0.3) is 16.6 Å². The van der Waals surface area contributed by atoms with Crippen molar-refractivity contribution in [2.75, 3.05) is 12.4 Å². The minimum atomic E-state index is -3.95. The lowest BCUT2D eigenvalue weighted by molar-refractivity contribution is 0.414. The molecule has 0 fully saturated rings. The average Bonchev–Trinajstić information content (AvgIpc) is 3.25. The molecule has 0 saturated heterocycles. The summed E-state index contributed by atoms with van der Waals surface area (Å²) >= 11 is 0. The fraction of sp³-hybridized carbons (Fsp3) is 0.0455. The van der Waals surface area contributed by atoms with Gasteiger partial charge in [-0.15, -0.1) is 5.10 Å². The first-order chi connectivity index (χ1) is 15.1. The third-order valence-corrected chi connectivity index (χ3v) is 6.55. The molecule has 2 aromatic heterocycles. The van der Waals surface area contributed by atoms with E-state index in [1.54, 1.807) is 12.1 Å². The molecule has 0 aliphatic carbocycles. The van der Waals surface area contributed by atoms with E-state index in [0.29, 0.717) is 17.1 Å². The Morgan fingerprint density at radius 3 is 2.35 bits per heavy atom. The van der Waals surface area contributed by atoms with Crippen LogP contribution in [0.5, 0.6) is 5.75 Å². The summed E-state index contributed by atoms with van der Waals surface area (Å²) in [5.74, 6) is 1.08. The highest BCUT2D eigenvalue weighted by Gasteiger charge is 2.27. The predicted octanol–water partition coefficient (Wildman–Crippen LogP) is 3.86. The first kappa shape index (κ1) is 19.0. The predicted molar refractivity (Wildman–Crippen MR) is 116 cm³/mol. The number of hydrogen-bond acceptors (Lipinski definition) is 7. The van der Waals surface area contributed by atoms with Gasteiger partial charge in [0.05, 0.1) is 17.5 Å². The van der Waals surface area contributed by atoms with Crippen molar-refractivity contribution in [3.8, 4) is 5.75 Å². The number of hydrogen-bond donors (Lipinski definition) is 1. The molecule has 3 aromatic carbocycles. The van der Waals surface area contributed by atoms with Crippen molar-refractivity contribution in [2.24, 2.45) is 0 Å². The molecule has 0 bridgehead atoms. The normalized spacial score (nSPS) is 11.6. The average molecular weight is 431 g/mol. The zero-order valence-electron chi connectivity index (χ0n) is 16.4. The third-order valence-electron chi connectivity index (χ3n) is 4.88. The number of fused-ring (bicyclic) bond motifs is 3. The number of para-hydroxylation sites is 2. The SMILES string of the molecule is COc1ccc(S(=O)(=O)c2nnn3c2nc(Nc2ccccc2)c2ccccc23)cc1. The first-order valence-corrected chi connectivity index (χ1v) is 10.9. The van der Waals surface area contributed by atoms with Crippen molar-refractivity contribution in [3.63, 3.8) is 0 Å². The van der Waals surface area contributed by atoms with Crippen LogP contribution in [0.3, 0.4) is 0 Å². The number of ether oxygens (including phenoxy) is 1. The minimum Gasteiger partial charge on any atom is -0.497 e. The van der Waals surface area contributed by atoms with Crippen molar-refractivity contribution in [3.05, 3.63) is 78.9 Å². The molecule has 0 atom stereocenters. The van der Waals surface area contributed by atoms with Gasteiger partial charge in [0, 0.05) is 11.1 Å². The molecule has 154 valence electrons. The van der Waals surface area contributed by atoms with Crippen LogP contribution in [0.2, 0.25) is 0 Å². The Morgan fingerprint density at radius 2 is 1.61 bits per heavy atom. The van der Waals surface area contributed by atoms with Crippen molar-refractivity contribution in [2.45, 2.75) is 9.92 Å². The maximum atomic E-state index is 13.3. The second-order valence-electron chi connectivity index (χ2n) is 6.78. The highest BCUT2D eigenvalue weighted by atomic mass is 32.2. The summed E-state index contributed by atoms with van der Waals surface area (Å²) < 4.78 is 33.2. The molecule has 0 unspecified atom stereocenters. The summed E-state index contributed by atoms with van der Waals surface area (Å²) in [5.41, 5.74) is 1.67. The second-order valence-corrected chi connectivity index (χ2v) is 8.64. The summed E-state index contributed by atoms with van der Waals surface area (Å²) in [6, 6.07) is 23.2. The lowest BCUT2D eigenvalue weighted by Gasteiger charge is -2.10. The van der Waals surface area contributed by atoms with Crippen LogP contribution in [-0.4, -0.2) is 35.3 Å². The van der Waals surface area contributed by atoms with E-state index in [1.807, 2.05) is 54.6 Å². The fourth-order valence-corrected chi connectivity index (χ4v) is 4.57. The van der Waals surface area contributed by atoms with Crippen LogP contribution in [0.4, 0.5) is 11.5 Å². The zero-order chi connectivity index (χ0) is 21.4. The molecule has 0 spiro atoms. The summed E-state index contributed by atoms with van der Waals surface area (Å²) in [6.07, 6.45) is 0. The molecule has 1 N–H and O–H groups in total. The first-order valence-electron chi connectivity index (χ1n) is 9.43. The van der Waals surface area contributed by atoms with Gasteiger partial charge in [-0.1, -0.05) is 35.5 Å². The van der Waals surface area contributed by atoms with Crippen LogP contribution < -0.4 is 10.1 Å². The number of sulfone groups is 1. The summed E-state index contributed by atoms with van der Waals surface area (Å²) in [7, 11) is -2.43. The topological polar surface area (TPSA) is 98.5 Å². The molecule has 5 aromatic rings. The van der Waals surface area contributed by atoms with Gasteiger partial charge in [0.25, 0.3) is 0 Å². The van der Waals surface area contributed by atoms with E-state index in [2.05, 4.69) is 20.6 Å². The van der Waals surface area contributed by atoms with Crippen molar-refractivity contribution in [1.29, 1.82) is 0 Å². The quantitative estimate of drug-likeness (QED) is 0.451. The van der Waals surface area contributed by atoms with Crippen molar-refractivity contribution < 1.29 is 13.2 Å². The summed E-state index contributed by atoms with van der Waals surface area (Å²) in [5, 5.41) is 11.9. The van der Waals surface area contributed by atoms with Gasteiger partial charge in [0.15, 0.2) is 5.65 Å². The molecule has 31 heavy (non-hydrogen) atoms. The van der Waals surface area contributed by atoms with Gasteiger partial charge in [0.2, 0.25) is 14.9 Å². The minimum absolute atomic E-state index is 0.0863. The van der Waals surface area contributed by atoms with Crippen LogP contribution >= 0.6 is 0 Å². The Hall–Kier alpha value is -3.98. The van der Waals surface area contributed by atoms with Crippen LogP contribution in [0, 0.1) is 0 Å². The van der Waals surface area contributed by atoms with Gasteiger partial charge in [-0.05, 0) is 48.5 Å². The number of rotatable bonds is 5. The van der Waals surface area contributed by atoms with Crippen molar-refractivity contribution in [1.82, 2.24) is 19.8 Å². The van der Waals surface area contributed by atoms with Gasteiger partial charge in [-0.2, -0.15) is 4.52 Å². The lowest BCUT2D eigenvalue weighted by Crippen LogP contribution is -2.05. The Kier molecular flexibility index (Phi) is 4.52. The molecule has 2 heterocycles. The standard InChI is InChI=1S/C22H17N5O3S/c1-30-16-11-13-17(14-12-16)31(28,29)22-21-24-20(23-15-7-3-2-4-8-15)18-9-5-6-10-19(18)27(21)26-25-22/h2-14H,1H3,(H,23,24). The Labute approximate surface area is 178 Å². The number of nitrogens with zero attached hydrogens (tertiary/aromatic N) is 4. The Morgan fingerprint density at radius 1 is 0.903 bits per heavy atom. The largest absolute Gasteiger partial charge is 0.497 e. The molecule has 9 heteroatoms. The molecule has 0 amide bonds. The highest BCUT2D eigenvalue weighted by molar-refractivity contribution is 7.91. The van der Waals surface area contributed by atoms with Gasteiger partial charge in [0.1, 0.15) is 11.6 Å². The van der Waals surface area contributed by atoms with Crippen molar-refractivity contribution >= 4 is 37.9 Å². The van der Waals surface area contributed by atoms with E-state index < -0.39 is 9.84 Å². The number of benzene rings is 3. The molecule has 0 aliphatic heterocycles. The Balaban J connectivity index is 1.72. The lowest BCUT2D eigenvalue weighted by atomic mass is 10.2. The fourth-order valence-electron chi connectivity index (χ4n) is 3.34. The summed E-state index contributed by atoms with van der Waals surface area (Å²) in [4.78, 5) is 4.69. The van der Waals surface area contributed by atoms with Gasteiger partial charge >= 0.3 is 0 Å². The molecule has 5 rings (SSSR count). The molecule has 0 aliphatic rings. The van der Waals surface area contributed by atoms with Crippen LogP contribution in [0.1, 0.15) is 0 Å². The third kappa shape index (κ3) is 3.24. The molecule has 8 nitrogen and oxygen atoms in total. The van der Waals surface area contributed by atoms with Gasteiger partial charge in [-0.3, -0.25) is 0 Å². The highest BCUT2D eigenvalue weighted by Crippen LogP contribution is 2.30. The molecular formula is C22H17N5O3S. The monoisotopic (exact) mass is 431 g/mol. The zero-order valence-corrected chi connectivity index (χ0v) is 17.2. The maximum Gasteiger partial charge on any atom is 0.229 e. The van der Waals surface area contributed by atoms with E-state index in [-0.39, 0.29) is 15.6 Å². The molecular weight excluding hydrogens is 414 g/mol. The van der Waals surface area contributed by atoms with E-state index in [4.69, 9.17) is 4.74 Å². The number of methoxy groups -OCH3 is 1. The smallest absolute Gasteiger partial charge is 0.229 e. The van der Waals surface area contributed by atoms with Gasteiger partial charge in [-0.25, -0.2) is 13.4 Å². The van der Waals surface area contributed by atoms with E-state index >= 15 is 0 Å². The van der Waals surface area contributed by atoms with E-state index in [0.717, 1.165) is 11.1 Å². The van der Waals surface area contributed by atoms with E-state index in [1.165, 1.54) is 23.8 Å². The maximum absolute atomic E-state index is 13.3. The number of aromatic nitrogens is 4. The van der Waals surface area contributed by atoms with Gasteiger partial charge < -0.3 is 10.1 Å². The van der Waals surface area contributed by atoms with Crippen LogP contribution in [-0.2, 0) is 9.84 Å². The summed E-state index contributed by atoms with van der Waals surface area (Å²) in [6.45, 7) is 0.